The van der Waals surface area contributed by atoms with Crippen LogP contribution in [0.2, 0.25) is 0 Å². The smallest absolute Gasteiger partial charge is 0.243 e. The summed E-state index contributed by atoms with van der Waals surface area (Å²) in [5, 5.41) is 5.32. The maximum atomic E-state index is 12.3. The van der Waals surface area contributed by atoms with Gasteiger partial charge in [0, 0.05) is 6.92 Å². The molecule has 0 aromatic carbocycles. The van der Waals surface area contributed by atoms with Crippen molar-refractivity contribution in [2.45, 2.75) is 57.0 Å². The summed E-state index contributed by atoms with van der Waals surface area (Å²) in [7, 11) is 0. The SMILES string of the molecule is CC(=O)N[C@@H](CCCN)C(=O)NC1(C(N)=O)CCCC1. The number of nitrogens with two attached hydrogens (primary N) is 2. The third-order valence-corrected chi connectivity index (χ3v) is 3.68. The molecule has 0 bridgehead atoms. The molecule has 1 fully saturated rings. The monoisotopic (exact) mass is 284 g/mol. The molecule has 7 heteroatoms. The second kappa shape index (κ2) is 7.23. The Morgan fingerprint density at radius 1 is 1.25 bits per heavy atom. The van der Waals surface area contributed by atoms with Crippen LogP contribution in [0.5, 0.6) is 0 Å². The lowest BCUT2D eigenvalue weighted by atomic mass is 9.95. The van der Waals surface area contributed by atoms with E-state index in [0.717, 1.165) is 12.8 Å². The lowest BCUT2D eigenvalue weighted by Crippen LogP contribution is -2.60. The van der Waals surface area contributed by atoms with Crippen LogP contribution < -0.4 is 22.1 Å². The summed E-state index contributed by atoms with van der Waals surface area (Å²) in [5.41, 5.74) is 9.89. The van der Waals surface area contributed by atoms with Gasteiger partial charge in [-0.1, -0.05) is 12.8 Å². The maximum Gasteiger partial charge on any atom is 0.243 e. The molecule has 0 spiro atoms. The molecule has 1 atom stereocenters. The van der Waals surface area contributed by atoms with Crippen molar-refractivity contribution in [1.29, 1.82) is 0 Å². The Bertz CT molecular complexity index is 378. The van der Waals surface area contributed by atoms with Crippen LogP contribution in [0.25, 0.3) is 0 Å². The fourth-order valence-electron chi connectivity index (χ4n) is 2.57. The van der Waals surface area contributed by atoms with Gasteiger partial charge in [-0.05, 0) is 32.2 Å². The molecule has 1 aliphatic rings. The van der Waals surface area contributed by atoms with Gasteiger partial charge in [-0.15, -0.1) is 0 Å². The molecule has 0 saturated heterocycles. The molecular formula is C13H24N4O3. The van der Waals surface area contributed by atoms with Gasteiger partial charge in [0.15, 0.2) is 0 Å². The van der Waals surface area contributed by atoms with Crippen molar-refractivity contribution >= 4 is 17.7 Å². The molecule has 7 nitrogen and oxygen atoms in total. The first-order valence-corrected chi connectivity index (χ1v) is 7.00. The number of hydrogen-bond acceptors (Lipinski definition) is 4. The molecule has 0 aliphatic heterocycles. The molecule has 0 radical (unpaired) electrons. The van der Waals surface area contributed by atoms with E-state index in [1.54, 1.807) is 0 Å². The summed E-state index contributed by atoms with van der Waals surface area (Å²) in [4.78, 5) is 35.1. The fourth-order valence-corrected chi connectivity index (χ4v) is 2.57. The summed E-state index contributed by atoms with van der Waals surface area (Å²) in [5.74, 6) is -1.17. The van der Waals surface area contributed by atoms with Crippen molar-refractivity contribution < 1.29 is 14.4 Å². The second-order valence-corrected chi connectivity index (χ2v) is 5.33. The van der Waals surface area contributed by atoms with Crippen molar-refractivity contribution in [3.8, 4) is 0 Å². The third-order valence-electron chi connectivity index (χ3n) is 3.68. The predicted molar refractivity (Wildman–Crippen MR) is 74.4 cm³/mol. The average Bonchev–Trinajstić information content (AvgIpc) is 2.83. The Morgan fingerprint density at radius 2 is 1.85 bits per heavy atom. The van der Waals surface area contributed by atoms with Gasteiger partial charge in [-0.2, -0.15) is 0 Å². The van der Waals surface area contributed by atoms with E-state index in [4.69, 9.17) is 11.5 Å². The van der Waals surface area contributed by atoms with E-state index >= 15 is 0 Å². The molecule has 1 aliphatic carbocycles. The molecular weight excluding hydrogens is 260 g/mol. The molecule has 6 N–H and O–H groups in total. The largest absolute Gasteiger partial charge is 0.368 e. The molecule has 20 heavy (non-hydrogen) atoms. The Labute approximate surface area is 118 Å². The highest BCUT2D eigenvalue weighted by Crippen LogP contribution is 2.29. The highest BCUT2D eigenvalue weighted by Gasteiger charge is 2.41. The zero-order chi connectivity index (χ0) is 15.2. The van der Waals surface area contributed by atoms with Crippen molar-refractivity contribution in [2.75, 3.05) is 6.54 Å². The molecule has 0 heterocycles. The van der Waals surface area contributed by atoms with Crippen LogP contribution in [0.1, 0.15) is 45.4 Å². The predicted octanol–water partition coefficient (Wildman–Crippen LogP) is -0.856. The normalized spacial score (nSPS) is 18.3. The zero-order valence-electron chi connectivity index (χ0n) is 11.9. The molecule has 114 valence electrons. The number of rotatable bonds is 7. The third kappa shape index (κ3) is 4.19. The van der Waals surface area contributed by atoms with Gasteiger partial charge in [0.1, 0.15) is 11.6 Å². The van der Waals surface area contributed by atoms with Crippen LogP contribution in [-0.2, 0) is 14.4 Å². The Hall–Kier alpha value is -1.63. The van der Waals surface area contributed by atoms with E-state index in [-0.39, 0.29) is 11.8 Å². The Balaban J connectivity index is 2.72. The van der Waals surface area contributed by atoms with Crippen molar-refractivity contribution in [3.05, 3.63) is 0 Å². The quantitative estimate of drug-likeness (QED) is 0.485. The molecule has 1 saturated carbocycles. The van der Waals surface area contributed by atoms with E-state index in [1.165, 1.54) is 6.92 Å². The van der Waals surface area contributed by atoms with E-state index in [1.807, 2.05) is 0 Å². The van der Waals surface area contributed by atoms with Crippen LogP contribution in [0.4, 0.5) is 0 Å². The first kappa shape index (κ1) is 16.4. The Morgan fingerprint density at radius 3 is 2.30 bits per heavy atom. The van der Waals surface area contributed by atoms with E-state index in [0.29, 0.717) is 32.2 Å². The first-order valence-electron chi connectivity index (χ1n) is 7.00. The van der Waals surface area contributed by atoms with Crippen LogP contribution in [-0.4, -0.2) is 35.8 Å². The molecule has 1 rings (SSSR count). The summed E-state index contributed by atoms with van der Waals surface area (Å²) >= 11 is 0. The fraction of sp³-hybridized carbons (Fsp3) is 0.769. The van der Waals surface area contributed by atoms with Gasteiger partial charge in [-0.25, -0.2) is 0 Å². The Kier molecular flexibility index (Phi) is 5.94. The molecule has 0 aromatic heterocycles. The highest BCUT2D eigenvalue weighted by molar-refractivity contribution is 5.93. The number of amides is 3. The number of carbonyl (C=O) groups is 3. The van der Waals surface area contributed by atoms with Crippen LogP contribution in [0.3, 0.4) is 0 Å². The van der Waals surface area contributed by atoms with Crippen molar-refractivity contribution in [3.63, 3.8) is 0 Å². The van der Waals surface area contributed by atoms with Crippen LogP contribution >= 0.6 is 0 Å². The average molecular weight is 284 g/mol. The highest BCUT2D eigenvalue weighted by atomic mass is 16.2. The second-order valence-electron chi connectivity index (χ2n) is 5.33. The first-order chi connectivity index (χ1) is 9.41. The van der Waals surface area contributed by atoms with E-state index in [9.17, 15) is 14.4 Å². The van der Waals surface area contributed by atoms with E-state index < -0.39 is 17.5 Å². The minimum atomic E-state index is -0.962. The lowest BCUT2D eigenvalue weighted by molar-refractivity contribution is -0.134. The zero-order valence-corrected chi connectivity index (χ0v) is 11.9. The summed E-state index contributed by atoms with van der Waals surface area (Å²) in [6, 6.07) is -0.673. The maximum absolute atomic E-state index is 12.3. The number of nitrogens with one attached hydrogen (secondary N) is 2. The van der Waals surface area contributed by atoms with Crippen LogP contribution in [0.15, 0.2) is 0 Å². The van der Waals surface area contributed by atoms with Crippen molar-refractivity contribution in [1.82, 2.24) is 10.6 Å². The number of primary amides is 1. The van der Waals surface area contributed by atoms with Gasteiger partial charge in [0.05, 0.1) is 0 Å². The van der Waals surface area contributed by atoms with Gasteiger partial charge >= 0.3 is 0 Å². The molecule has 3 amide bonds. The van der Waals surface area contributed by atoms with Crippen molar-refractivity contribution in [2.24, 2.45) is 11.5 Å². The van der Waals surface area contributed by atoms with Gasteiger partial charge in [-0.3, -0.25) is 14.4 Å². The van der Waals surface area contributed by atoms with Gasteiger partial charge in [0.25, 0.3) is 0 Å². The summed E-state index contributed by atoms with van der Waals surface area (Å²) in [6.45, 7) is 1.78. The topological polar surface area (TPSA) is 127 Å². The summed E-state index contributed by atoms with van der Waals surface area (Å²) in [6.07, 6.45) is 3.88. The minimum absolute atomic E-state index is 0.290. The number of carbonyl (C=O) groups excluding carboxylic acids is 3. The summed E-state index contributed by atoms with van der Waals surface area (Å²) < 4.78 is 0. The van der Waals surface area contributed by atoms with Crippen LogP contribution in [0, 0.1) is 0 Å². The van der Waals surface area contributed by atoms with Gasteiger partial charge < -0.3 is 22.1 Å². The minimum Gasteiger partial charge on any atom is -0.368 e. The molecule has 0 aromatic rings. The number of hydrogen-bond donors (Lipinski definition) is 4. The molecule has 0 unspecified atom stereocenters. The van der Waals surface area contributed by atoms with Gasteiger partial charge in [0.2, 0.25) is 17.7 Å². The lowest BCUT2D eigenvalue weighted by Gasteiger charge is -2.29. The van der Waals surface area contributed by atoms with E-state index in [2.05, 4.69) is 10.6 Å². The standard InChI is InChI=1S/C13H24N4O3/c1-9(18)16-10(5-4-8-14)11(19)17-13(12(15)20)6-2-3-7-13/h10H,2-8,14H2,1H3,(H2,15,20)(H,16,18)(H,17,19)/t10-/m0/s1.